The molecule has 7 heteroatoms. The number of hydrogen-bond donors (Lipinski definition) is 0. The zero-order valence-corrected chi connectivity index (χ0v) is 17.8. The average molecular weight is 424 g/mol. The largest absolute Gasteiger partial charge is 0.497 e. The van der Waals surface area contributed by atoms with Crippen LogP contribution in [0.25, 0.3) is 10.9 Å². The minimum absolute atomic E-state index is 0.0733. The van der Waals surface area contributed by atoms with Gasteiger partial charge >= 0.3 is 0 Å². The van der Waals surface area contributed by atoms with Gasteiger partial charge in [0.2, 0.25) is 5.91 Å². The van der Waals surface area contributed by atoms with Gasteiger partial charge < -0.3 is 9.47 Å². The van der Waals surface area contributed by atoms with Crippen molar-refractivity contribution in [1.82, 2.24) is 9.99 Å². The maximum Gasteiger partial charge on any atom is 0.242 e. The van der Waals surface area contributed by atoms with Crippen molar-refractivity contribution >= 4 is 34.1 Å². The predicted molar refractivity (Wildman–Crippen MR) is 117 cm³/mol. The van der Waals surface area contributed by atoms with E-state index in [1.165, 1.54) is 5.01 Å². The smallest absolute Gasteiger partial charge is 0.242 e. The number of carbonyl (C=O) groups excluding carboxylic acids is 1. The molecular formula is C23H22ClN3O3. The Morgan fingerprint density at radius 2 is 1.97 bits per heavy atom. The Bertz CT molecular complexity index is 1150. The molecule has 2 aromatic carbocycles. The lowest BCUT2D eigenvalue weighted by molar-refractivity contribution is -0.132. The van der Waals surface area contributed by atoms with Crippen LogP contribution in [0.5, 0.6) is 11.5 Å². The molecule has 2 heterocycles. The van der Waals surface area contributed by atoms with Crippen LogP contribution in [0.4, 0.5) is 0 Å². The van der Waals surface area contributed by atoms with Crippen LogP contribution in [0.2, 0.25) is 5.15 Å². The summed E-state index contributed by atoms with van der Waals surface area (Å²) in [6.07, 6.45) is 0.865. The second kappa shape index (κ2) is 8.32. The molecule has 0 aliphatic carbocycles. The van der Waals surface area contributed by atoms with Gasteiger partial charge in [0.25, 0.3) is 0 Å². The van der Waals surface area contributed by atoms with Crippen molar-refractivity contribution in [2.45, 2.75) is 25.8 Å². The van der Waals surface area contributed by atoms with E-state index in [0.717, 1.165) is 33.5 Å². The third-order valence-electron chi connectivity index (χ3n) is 5.25. The zero-order chi connectivity index (χ0) is 21.3. The van der Waals surface area contributed by atoms with Crippen LogP contribution in [-0.4, -0.2) is 35.8 Å². The van der Waals surface area contributed by atoms with Gasteiger partial charge in [-0.05, 0) is 30.3 Å². The summed E-state index contributed by atoms with van der Waals surface area (Å²) >= 11 is 6.58. The number of carbonyl (C=O) groups is 1. The molecule has 1 amide bonds. The summed E-state index contributed by atoms with van der Waals surface area (Å²) in [7, 11) is 3.24. The number of amides is 1. The number of aromatic nitrogens is 1. The van der Waals surface area contributed by atoms with E-state index in [-0.39, 0.29) is 11.9 Å². The summed E-state index contributed by atoms with van der Waals surface area (Å²) < 4.78 is 10.8. The number of pyridine rings is 1. The van der Waals surface area contributed by atoms with Crippen LogP contribution in [0.3, 0.4) is 0 Å². The minimum Gasteiger partial charge on any atom is -0.497 e. The number of ether oxygens (including phenoxy) is 2. The number of hydrazone groups is 1. The van der Waals surface area contributed by atoms with E-state index in [9.17, 15) is 4.79 Å². The first-order valence-electron chi connectivity index (χ1n) is 9.72. The van der Waals surface area contributed by atoms with Gasteiger partial charge in [-0.2, -0.15) is 5.10 Å². The maximum atomic E-state index is 12.7. The highest BCUT2D eigenvalue weighted by atomic mass is 35.5. The summed E-state index contributed by atoms with van der Waals surface area (Å²) in [5.41, 5.74) is 3.15. The zero-order valence-electron chi connectivity index (χ0n) is 17.1. The lowest BCUT2D eigenvalue weighted by Crippen LogP contribution is -2.26. The molecule has 0 radical (unpaired) electrons. The molecule has 154 valence electrons. The van der Waals surface area contributed by atoms with Crippen molar-refractivity contribution in [3.63, 3.8) is 0 Å². The van der Waals surface area contributed by atoms with Crippen molar-refractivity contribution < 1.29 is 14.3 Å². The number of benzene rings is 2. The van der Waals surface area contributed by atoms with Crippen LogP contribution in [0.1, 0.15) is 36.9 Å². The van der Waals surface area contributed by atoms with Crippen molar-refractivity contribution in [3.05, 3.63) is 64.8 Å². The standard InChI is InChI=1S/C23H22ClN3O3/c1-4-22(28)27-20(13-19(26-27)16-7-5-6-8-21(16)30-3)17-11-14-9-10-15(29-2)12-18(14)25-23(17)24/h5-12,20H,4,13H2,1-3H3. The SMILES string of the molecule is CCC(=O)N1N=C(c2ccccc2OC)CC1c1cc2ccc(OC)cc2nc1Cl. The Balaban J connectivity index is 1.78. The number of para-hydroxylation sites is 1. The molecule has 0 spiro atoms. The Kier molecular flexibility index (Phi) is 5.59. The minimum atomic E-state index is -0.330. The highest BCUT2D eigenvalue weighted by Gasteiger charge is 2.35. The van der Waals surface area contributed by atoms with Crippen molar-refractivity contribution in [2.75, 3.05) is 14.2 Å². The normalized spacial score (nSPS) is 15.9. The molecule has 0 saturated heterocycles. The molecular weight excluding hydrogens is 402 g/mol. The first-order chi connectivity index (χ1) is 14.5. The fourth-order valence-electron chi connectivity index (χ4n) is 3.69. The summed E-state index contributed by atoms with van der Waals surface area (Å²) in [5, 5.41) is 7.46. The Hall–Kier alpha value is -3.12. The van der Waals surface area contributed by atoms with E-state index < -0.39 is 0 Å². The van der Waals surface area contributed by atoms with Crippen LogP contribution in [0, 0.1) is 0 Å². The van der Waals surface area contributed by atoms with E-state index in [0.29, 0.717) is 23.7 Å². The van der Waals surface area contributed by atoms with E-state index >= 15 is 0 Å². The predicted octanol–water partition coefficient (Wildman–Crippen LogP) is 4.99. The number of nitrogens with zero attached hydrogens (tertiary/aromatic N) is 3. The monoisotopic (exact) mass is 423 g/mol. The van der Waals surface area contributed by atoms with Gasteiger partial charge in [0.15, 0.2) is 0 Å². The van der Waals surface area contributed by atoms with Crippen molar-refractivity contribution in [2.24, 2.45) is 5.10 Å². The van der Waals surface area contributed by atoms with Crippen LogP contribution < -0.4 is 9.47 Å². The first-order valence-corrected chi connectivity index (χ1v) is 10.1. The van der Waals surface area contributed by atoms with Crippen LogP contribution in [0.15, 0.2) is 53.6 Å². The Morgan fingerprint density at radius 3 is 2.70 bits per heavy atom. The molecule has 0 N–H and O–H groups in total. The number of halogens is 1. The second-order valence-electron chi connectivity index (χ2n) is 6.99. The number of rotatable bonds is 5. The molecule has 4 rings (SSSR count). The van der Waals surface area contributed by atoms with Gasteiger partial charge in [-0.1, -0.05) is 30.7 Å². The number of fused-ring (bicyclic) bond motifs is 1. The lowest BCUT2D eigenvalue weighted by atomic mass is 9.97. The first kappa shape index (κ1) is 20.2. The van der Waals surface area contributed by atoms with E-state index in [2.05, 4.69) is 10.1 Å². The maximum absolute atomic E-state index is 12.7. The second-order valence-corrected chi connectivity index (χ2v) is 7.34. The summed E-state index contributed by atoms with van der Waals surface area (Å²) in [5.74, 6) is 1.36. The molecule has 1 unspecified atom stereocenters. The van der Waals surface area contributed by atoms with Crippen LogP contribution >= 0.6 is 11.6 Å². The van der Waals surface area contributed by atoms with E-state index in [1.807, 2.05) is 55.5 Å². The van der Waals surface area contributed by atoms with Crippen molar-refractivity contribution in [3.8, 4) is 11.5 Å². The summed E-state index contributed by atoms with van der Waals surface area (Å²) in [6, 6.07) is 15.0. The fraction of sp³-hybridized carbons (Fsp3) is 0.261. The topological polar surface area (TPSA) is 64.0 Å². The van der Waals surface area contributed by atoms with Gasteiger partial charge in [-0.15, -0.1) is 0 Å². The summed E-state index contributed by atoms with van der Waals surface area (Å²) in [4.78, 5) is 17.2. The van der Waals surface area contributed by atoms with Crippen LogP contribution in [-0.2, 0) is 4.79 Å². The quantitative estimate of drug-likeness (QED) is 0.542. The fourth-order valence-corrected chi connectivity index (χ4v) is 3.96. The third-order valence-corrected chi connectivity index (χ3v) is 5.55. The number of hydrogen-bond acceptors (Lipinski definition) is 5. The molecule has 30 heavy (non-hydrogen) atoms. The molecule has 1 atom stereocenters. The molecule has 3 aromatic rings. The number of methoxy groups -OCH3 is 2. The highest BCUT2D eigenvalue weighted by molar-refractivity contribution is 6.30. The lowest BCUT2D eigenvalue weighted by Gasteiger charge is -2.22. The third kappa shape index (κ3) is 3.59. The van der Waals surface area contributed by atoms with Gasteiger partial charge in [0, 0.05) is 35.4 Å². The van der Waals surface area contributed by atoms with E-state index in [4.69, 9.17) is 21.1 Å². The molecule has 6 nitrogen and oxygen atoms in total. The molecule has 1 aliphatic rings. The van der Waals surface area contributed by atoms with Crippen molar-refractivity contribution in [1.29, 1.82) is 0 Å². The Labute approximate surface area is 180 Å². The molecule has 1 aromatic heterocycles. The molecule has 0 fully saturated rings. The van der Waals surface area contributed by atoms with E-state index in [1.54, 1.807) is 14.2 Å². The average Bonchev–Trinajstić information content (AvgIpc) is 3.22. The van der Waals surface area contributed by atoms with Gasteiger partial charge in [-0.25, -0.2) is 9.99 Å². The van der Waals surface area contributed by atoms with Gasteiger partial charge in [0.05, 0.1) is 31.5 Å². The molecule has 1 aliphatic heterocycles. The highest BCUT2D eigenvalue weighted by Crippen LogP contribution is 2.39. The van der Waals surface area contributed by atoms with Gasteiger partial charge in [0.1, 0.15) is 16.7 Å². The molecule has 0 saturated carbocycles. The van der Waals surface area contributed by atoms with Gasteiger partial charge in [-0.3, -0.25) is 4.79 Å². The Morgan fingerprint density at radius 1 is 1.17 bits per heavy atom. The summed E-state index contributed by atoms with van der Waals surface area (Å²) in [6.45, 7) is 1.82. The molecule has 0 bridgehead atoms.